The van der Waals surface area contributed by atoms with Crippen LogP contribution in [0.1, 0.15) is 0 Å². The Morgan fingerprint density at radius 3 is 2.60 bits per heavy atom. The molecule has 0 atom stereocenters. The maximum absolute atomic E-state index is 12.3. The minimum Gasteiger partial charge on any atom is -0.318 e. The first-order valence-electron chi connectivity index (χ1n) is 6.23. The fraction of sp³-hybridized carbons (Fsp3) is 0.700. The number of sulfone groups is 1. The van der Waals surface area contributed by atoms with Crippen LogP contribution in [0, 0.1) is 0 Å². The second-order valence-corrected chi connectivity index (χ2v) is 8.84. The molecule has 1 N–H and O–H groups in total. The third kappa shape index (κ3) is 3.37. The van der Waals surface area contributed by atoms with E-state index in [-0.39, 0.29) is 29.5 Å². The summed E-state index contributed by atoms with van der Waals surface area (Å²) in [6, 6.07) is 0. The van der Waals surface area contributed by atoms with Crippen LogP contribution in [-0.2, 0) is 26.4 Å². The van der Waals surface area contributed by atoms with Crippen LogP contribution in [0.4, 0.5) is 0 Å². The number of nitrogens with zero attached hydrogens (tertiary/aromatic N) is 3. The van der Waals surface area contributed by atoms with Gasteiger partial charge in [-0.3, -0.25) is 4.68 Å². The van der Waals surface area contributed by atoms with Crippen molar-refractivity contribution in [3.8, 4) is 0 Å². The minimum absolute atomic E-state index is 0.00631. The average molecular weight is 322 g/mol. The molecule has 2 rings (SSSR count). The Labute approximate surface area is 118 Å². The SMILES string of the molecule is CNCCn1cc(S(=O)(=O)N2CCS(=O)(=O)CC2)cn1. The van der Waals surface area contributed by atoms with Gasteiger partial charge < -0.3 is 5.32 Å². The molecule has 0 radical (unpaired) electrons. The molecule has 1 fully saturated rings. The summed E-state index contributed by atoms with van der Waals surface area (Å²) in [5, 5.41) is 6.95. The molecule has 0 saturated carbocycles. The second-order valence-electron chi connectivity index (χ2n) is 4.60. The fourth-order valence-corrected chi connectivity index (χ4v) is 4.74. The van der Waals surface area contributed by atoms with Crippen molar-refractivity contribution in [1.29, 1.82) is 0 Å². The largest absolute Gasteiger partial charge is 0.318 e. The third-order valence-electron chi connectivity index (χ3n) is 3.14. The third-order valence-corrected chi connectivity index (χ3v) is 6.60. The van der Waals surface area contributed by atoms with Crippen LogP contribution >= 0.6 is 0 Å². The Hall–Kier alpha value is -0.970. The lowest BCUT2D eigenvalue weighted by Gasteiger charge is -2.25. The summed E-state index contributed by atoms with van der Waals surface area (Å²) in [6.45, 7) is 1.27. The summed E-state index contributed by atoms with van der Waals surface area (Å²) in [5.41, 5.74) is 0. The van der Waals surface area contributed by atoms with Crippen molar-refractivity contribution < 1.29 is 16.8 Å². The molecular formula is C10H18N4O4S2. The van der Waals surface area contributed by atoms with E-state index in [0.717, 1.165) is 0 Å². The van der Waals surface area contributed by atoms with Gasteiger partial charge in [0.25, 0.3) is 0 Å². The van der Waals surface area contributed by atoms with Crippen molar-refractivity contribution in [2.45, 2.75) is 11.4 Å². The van der Waals surface area contributed by atoms with Crippen molar-refractivity contribution in [3.63, 3.8) is 0 Å². The van der Waals surface area contributed by atoms with Gasteiger partial charge in [-0.05, 0) is 7.05 Å². The van der Waals surface area contributed by atoms with E-state index in [1.807, 2.05) is 0 Å². The summed E-state index contributed by atoms with van der Waals surface area (Å²) in [4.78, 5) is 0.105. The monoisotopic (exact) mass is 322 g/mol. The summed E-state index contributed by atoms with van der Waals surface area (Å²) in [6.07, 6.45) is 2.77. The molecule has 0 unspecified atom stereocenters. The Bertz CT molecular complexity index is 651. The van der Waals surface area contributed by atoms with Crippen molar-refractivity contribution >= 4 is 19.9 Å². The molecule has 0 aromatic carbocycles. The van der Waals surface area contributed by atoms with Crippen LogP contribution in [0.25, 0.3) is 0 Å². The van der Waals surface area contributed by atoms with Gasteiger partial charge in [-0.15, -0.1) is 0 Å². The van der Waals surface area contributed by atoms with Gasteiger partial charge in [0, 0.05) is 25.8 Å². The normalized spacial score (nSPS) is 20.1. The van der Waals surface area contributed by atoms with Crippen LogP contribution in [0.5, 0.6) is 0 Å². The Morgan fingerprint density at radius 1 is 1.35 bits per heavy atom. The van der Waals surface area contributed by atoms with E-state index in [1.54, 1.807) is 11.7 Å². The number of aromatic nitrogens is 2. The zero-order valence-electron chi connectivity index (χ0n) is 11.2. The van der Waals surface area contributed by atoms with Gasteiger partial charge in [0.1, 0.15) is 4.90 Å². The number of nitrogens with one attached hydrogen (secondary N) is 1. The first-order chi connectivity index (χ1) is 9.35. The lowest BCUT2D eigenvalue weighted by molar-refractivity contribution is 0.430. The van der Waals surface area contributed by atoms with Crippen LogP contribution in [0.3, 0.4) is 0 Å². The second kappa shape index (κ2) is 5.80. The maximum Gasteiger partial charge on any atom is 0.246 e. The van der Waals surface area contributed by atoms with Gasteiger partial charge in [-0.1, -0.05) is 0 Å². The first kappa shape index (κ1) is 15.4. The van der Waals surface area contributed by atoms with E-state index in [0.29, 0.717) is 13.1 Å². The standard InChI is InChI=1S/C10H18N4O4S2/c1-11-2-3-13-9-10(8-12-13)20(17,18)14-4-6-19(15,16)7-5-14/h8-9,11H,2-7H2,1H3. The summed E-state index contributed by atoms with van der Waals surface area (Å²) >= 11 is 0. The van der Waals surface area contributed by atoms with Gasteiger partial charge >= 0.3 is 0 Å². The van der Waals surface area contributed by atoms with Crippen molar-refractivity contribution in [3.05, 3.63) is 12.4 Å². The highest BCUT2D eigenvalue weighted by molar-refractivity contribution is 7.92. The topological polar surface area (TPSA) is 101 Å². The van der Waals surface area contributed by atoms with Crippen molar-refractivity contribution in [2.75, 3.05) is 38.2 Å². The Balaban J connectivity index is 2.12. The number of hydrogen-bond donors (Lipinski definition) is 1. The molecule has 1 aliphatic heterocycles. The summed E-state index contributed by atoms with van der Waals surface area (Å²) < 4.78 is 50.1. The molecule has 0 bridgehead atoms. The van der Waals surface area contributed by atoms with E-state index in [9.17, 15) is 16.8 Å². The predicted octanol–water partition coefficient (Wildman–Crippen LogP) is -1.48. The number of hydrogen-bond acceptors (Lipinski definition) is 6. The molecule has 0 amide bonds. The molecule has 1 aromatic rings. The maximum atomic E-state index is 12.3. The molecule has 0 spiro atoms. The molecule has 2 heterocycles. The van der Waals surface area contributed by atoms with Gasteiger partial charge in [-0.2, -0.15) is 9.40 Å². The van der Waals surface area contributed by atoms with Gasteiger partial charge in [0.2, 0.25) is 10.0 Å². The van der Waals surface area contributed by atoms with Gasteiger partial charge in [0.05, 0.1) is 24.2 Å². The van der Waals surface area contributed by atoms with E-state index in [1.165, 1.54) is 16.7 Å². The lowest BCUT2D eigenvalue weighted by Crippen LogP contribution is -2.43. The highest BCUT2D eigenvalue weighted by Crippen LogP contribution is 2.17. The zero-order chi connectivity index (χ0) is 14.8. The van der Waals surface area contributed by atoms with Crippen LogP contribution in [0.2, 0.25) is 0 Å². The summed E-state index contributed by atoms with van der Waals surface area (Å²) in [5.74, 6) is -0.250. The molecule has 10 heteroatoms. The van der Waals surface area contributed by atoms with Crippen LogP contribution in [-0.4, -0.2) is 69.1 Å². The molecule has 8 nitrogen and oxygen atoms in total. The van der Waals surface area contributed by atoms with E-state index >= 15 is 0 Å². The molecule has 0 aliphatic carbocycles. The Kier molecular flexibility index (Phi) is 4.47. The number of likely N-dealkylation sites (N-methyl/N-ethyl adjacent to an activating group) is 1. The fourth-order valence-electron chi connectivity index (χ4n) is 1.91. The highest BCUT2D eigenvalue weighted by Gasteiger charge is 2.31. The van der Waals surface area contributed by atoms with Crippen molar-refractivity contribution in [1.82, 2.24) is 19.4 Å². The van der Waals surface area contributed by atoms with Crippen LogP contribution in [0.15, 0.2) is 17.3 Å². The van der Waals surface area contributed by atoms with E-state index in [4.69, 9.17) is 0 Å². The molecule has 20 heavy (non-hydrogen) atoms. The molecular weight excluding hydrogens is 304 g/mol. The lowest BCUT2D eigenvalue weighted by atomic mass is 10.6. The van der Waals surface area contributed by atoms with Gasteiger partial charge in [-0.25, -0.2) is 16.8 Å². The molecule has 1 aliphatic rings. The van der Waals surface area contributed by atoms with E-state index < -0.39 is 19.9 Å². The number of sulfonamides is 1. The quantitative estimate of drug-likeness (QED) is 0.709. The van der Waals surface area contributed by atoms with E-state index in [2.05, 4.69) is 10.4 Å². The Morgan fingerprint density at radius 2 is 2.00 bits per heavy atom. The summed E-state index contributed by atoms with van der Waals surface area (Å²) in [7, 11) is -4.95. The van der Waals surface area contributed by atoms with Crippen molar-refractivity contribution in [2.24, 2.45) is 0 Å². The average Bonchev–Trinajstić information content (AvgIpc) is 2.85. The minimum atomic E-state index is -3.65. The molecule has 114 valence electrons. The molecule has 1 saturated heterocycles. The highest BCUT2D eigenvalue weighted by atomic mass is 32.2. The van der Waals surface area contributed by atoms with Crippen LogP contribution < -0.4 is 5.32 Å². The first-order valence-corrected chi connectivity index (χ1v) is 9.49. The molecule has 1 aromatic heterocycles. The zero-order valence-corrected chi connectivity index (χ0v) is 12.8. The smallest absolute Gasteiger partial charge is 0.246 e. The van der Waals surface area contributed by atoms with Gasteiger partial charge in [0.15, 0.2) is 9.84 Å². The predicted molar refractivity (Wildman–Crippen MR) is 73.6 cm³/mol. The number of rotatable bonds is 5.